The SMILES string of the molecule is CC(C)c1ccc(C(=O)N2CCN(C3CCOc4ccccc43)CC2)cc1. The van der Waals surface area contributed by atoms with Crippen LogP contribution in [0.5, 0.6) is 5.75 Å². The fraction of sp³-hybridized carbons (Fsp3) is 0.435. The summed E-state index contributed by atoms with van der Waals surface area (Å²) >= 11 is 0. The second-order valence-corrected chi connectivity index (χ2v) is 7.80. The predicted molar refractivity (Wildman–Crippen MR) is 107 cm³/mol. The van der Waals surface area contributed by atoms with Gasteiger partial charge in [0, 0.05) is 49.8 Å². The fourth-order valence-electron chi connectivity index (χ4n) is 4.13. The van der Waals surface area contributed by atoms with Crippen LogP contribution in [0.25, 0.3) is 0 Å². The van der Waals surface area contributed by atoms with Gasteiger partial charge in [0.25, 0.3) is 5.91 Å². The van der Waals surface area contributed by atoms with Crippen molar-refractivity contribution in [3.8, 4) is 5.75 Å². The molecule has 0 N–H and O–H groups in total. The number of nitrogens with zero attached hydrogens (tertiary/aromatic N) is 2. The van der Waals surface area contributed by atoms with Crippen molar-refractivity contribution >= 4 is 5.91 Å². The molecule has 1 unspecified atom stereocenters. The first kappa shape index (κ1) is 18.1. The van der Waals surface area contributed by atoms with E-state index in [4.69, 9.17) is 4.74 Å². The lowest BCUT2D eigenvalue weighted by atomic mass is 9.98. The molecule has 1 saturated heterocycles. The molecular formula is C23H28N2O2. The van der Waals surface area contributed by atoms with E-state index in [1.54, 1.807) is 0 Å². The Bertz CT molecular complexity index is 792. The number of rotatable bonds is 3. The van der Waals surface area contributed by atoms with Crippen LogP contribution >= 0.6 is 0 Å². The molecule has 4 nitrogen and oxygen atoms in total. The van der Waals surface area contributed by atoms with E-state index in [-0.39, 0.29) is 5.91 Å². The summed E-state index contributed by atoms with van der Waals surface area (Å²) in [7, 11) is 0. The number of hydrogen-bond acceptors (Lipinski definition) is 3. The lowest BCUT2D eigenvalue weighted by Crippen LogP contribution is -2.50. The Morgan fingerprint density at radius 3 is 2.41 bits per heavy atom. The molecule has 1 amide bonds. The van der Waals surface area contributed by atoms with Crippen LogP contribution in [-0.2, 0) is 0 Å². The minimum Gasteiger partial charge on any atom is -0.493 e. The number of amides is 1. The van der Waals surface area contributed by atoms with Gasteiger partial charge in [-0.25, -0.2) is 0 Å². The number of carbonyl (C=O) groups is 1. The van der Waals surface area contributed by atoms with E-state index in [1.165, 1.54) is 11.1 Å². The van der Waals surface area contributed by atoms with E-state index in [1.807, 2.05) is 23.1 Å². The number of ether oxygens (including phenoxy) is 1. The summed E-state index contributed by atoms with van der Waals surface area (Å²) < 4.78 is 5.80. The summed E-state index contributed by atoms with van der Waals surface area (Å²) in [5.41, 5.74) is 3.35. The van der Waals surface area contributed by atoms with Gasteiger partial charge in [0.1, 0.15) is 5.75 Å². The number of hydrogen-bond donors (Lipinski definition) is 0. The molecule has 0 aliphatic carbocycles. The lowest BCUT2D eigenvalue weighted by Gasteiger charge is -2.41. The standard InChI is InChI=1S/C23H28N2O2/c1-17(2)18-7-9-19(10-8-18)23(26)25-14-12-24(13-15-25)21-11-16-27-22-6-4-3-5-20(21)22/h3-10,17,21H,11-16H2,1-2H3. The smallest absolute Gasteiger partial charge is 0.253 e. The molecule has 0 radical (unpaired) electrons. The molecule has 4 heteroatoms. The van der Waals surface area contributed by atoms with Gasteiger partial charge >= 0.3 is 0 Å². The van der Waals surface area contributed by atoms with E-state index in [9.17, 15) is 4.79 Å². The Labute approximate surface area is 161 Å². The highest BCUT2D eigenvalue weighted by molar-refractivity contribution is 5.94. The highest BCUT2D eigenvalue weighted by Gasteiger charge is 2.30. The van der Waals surface area contributed by atoms with E-state index in [0.29, 0.717) is 12.0 Å². The molecule has 1 fully saturated rings. The van der Waals surface area contributed by atoms with E-state index >= 15 is 0 Å². The normalized spacial score (nSPS) is 20.3. The second kappa shape index (κ2) is 7.73. The van der Waals surface area contributed by atoms with Gasteiger partial charge in [-0.1, -0.05) is 44.2 Å². The van der Waals surface area contributed by atoms with Crippen molar-refractivity contribution in [1.82, 2.24) is 9.80 Å². The number of piperazine rings is 1. The van der Waals surface area contributed by atoms with Gasteiger partial charge in [0.05, 0.1) is 6.61 Å². The van der Waals surface area contributed by atoms with Crippen LogP contribution in [0.4, 0.5) is 0 Å². The maximum absolute atomic E-state index is 12.8. The molecule has 1 atom stereocenters. The molecular weight excluding hydrogens is 336 g/mol. The molecule has 2 heterocycles. The van der Waals surface area contributed by atoms with E-state index < -0.39 is 0 Å². The molecule has 0 spiro atoms. The summed E-state index contributed by atoms with van der Waals surface area (Å²) in [6.07, 6.45) is 1.02. The highest BCUT2D eigenvalue weighted by atomic mass is 16.5. The van der Waals surface area contributed by atoms with Gasteiger partial charge < -0.3 is 9.64 Å². The van der Waals surface area contributed by atoms with Crippen molar-refractivity contribution < 1.29 is 9.53 Å². The average Bonchev–Trinajstić information content (AvgIpc) is 2.73. The van der Waals surface area contributed by atoms with Crippen LogP contribution in [0.3, 0.4) is 0 Å². The van der Waals surface area contributed by atoms with Crippen LogP contribution < -0.4 is 4.74 Å². The van der Waals surface area contributed by atoms with Crippen molar-refractivity contribution in [2.75, 3.05) is 32.8 Å². The average molecular weight is 364 g/mol. The third kappa shape index (κ3) is 3.72. The van der Waals surface area contributed by atoms with Crippen LogP contribution in [0.1, 0.15) is 53.7 Å². The number of carbonyl (C=O) groups excluding carboxylic acids is 1. The Balaban J connectivity index is 1.40. The first-order valence-corrected chi connectivity index (χ1v) is 9.98. The molecule has 0 bridgehead atoms. The zero-order valence-electron chi connectivity index (χ0n) is 16.2. The summed E-state index contributed by atoms with van der Waals surface area (Å²) in [5, 5.41) is 0. The quantitative estimate of drug-likeness (QED) is 0.822. The minimum atomic E-state index is 0.150. The largest absolute Gasteiger partial charge is 0.493 e. The summed E-state index contributed by atoms with van der Waals surface area (Å²) in [6, 6.07) is 16.8. The van der Waals surface area contributed by atoms with Gasteiger partial charge in [0.15, 0.2) is 0 Å². The Morgan fingerprint density at radius 2 is 1.70 bits per heavy atom. The lowest BCUT2D eigenvalue weighted by molar-refractivity contribution is 0.0510. The molecule has 4 rings (SSSR count). The number of para-hydroxylation sites is 1. The minimum absolute atomic E-state index is 0.150. The van der Waals surface area contributed by atoms with Gasteiger partial charge in [0.2, 0.25) is 0 Å². The van der Waals surface area contributed by atoms with Crippen molar-refractivity contribution in [2.24, 2.45) is 0 Å². The maximum Gasteiger partial charge on any atom is 0.253 e. The topological polar surface area (TPSA) is 32.8 Å². The predicted octanol–water partition coefficient (Wildman–Crippen LogP) is 4.09. The maximum atomic E-state index is 12.8. The summed E-state index contributed by atoms with van der Waals surface area (Å²) in [5.74, 6) is 1.65. The van der Waals surface area contributed by atoms with Crippen molar-refractivity contribution in [3.63, 3.8) is 0 Å². The molecule has 2 aliphatic rings. The van der Waals surface area contributed by atoms with Crippen molar-refractivity contribution in [1.29, 1.82) is 0 Å². The van der Waals surface area contributed by atoms with E-state index in [0.717, 1.165) is 50.5 Å². The molecule has 2 aliphatic heterocycles. The van der Waals surface area contributed by atoms with Crippen molar-refractivity contribution in [2.45, 2.75) is 32.2 Å². The Morgan fingerprint density at radius 1 is 1.00 bits per heavy atom. The molecule has 2 aromatic rings. The number of benzene rings is 2. The van der Waals surface area contributed by atoms with Gasteiger partial charge in [-0.05, 0) is 29.7 Å². The molecule has 0 saturated carbocycles. The van der Waals surface area contributed by atoms with E-state index in [2.05, 4.69) is 49.1 Å². The Kier molecular flexibility index (Phi) is 5.17. The zero-order valence-corrected chi connectivity index (χ0v) is 16.2. The third-order valence-corrected chi connectivity index (χ3v) is 5.79. The van der Waals surface area contributed by atoms with Gasteiger partial charge in [-0.2, -0.15) is 0 Å². The second-order valence-electron chi connectivity index (χ2n) is 7.80. The van der Waals surface area contributed by atoms with Gasteiger partial charge in [-0.3, -0.25) is 9.69 Å². The first-order chi connectivity index (χ1) is 13.1. The van der Waals surface area contributed by atoms with Crippen molar-refractivity contribution in [3.05, 3.63) is 65.2 Å². The molecule has 0 aromatic heterocycles. The molecule has 2 aromatic carbocycles. The third-order valence-electron chi connectivity index (χ3n) is 5.79. The van der Waals surface area contributed by atoms with Crippen LogP contribution in [0.2, 0.25) is 0 Å². The first-order valence-electron chi connectivity index (χ1n) is 9.98. The monoisotopic (exact) mass is 364 g/mol. The van der Waals surface area contributed by atoms with Crippen LogP contribution in [0, 0.1) is 0 Å². The fourth-order valence-corrected chi connectivity index (χ4v) is 4.13. The van der Waals surface area contributed by atoms with Crippen LogP contribution in [0.15, 0.2) is 48.5 Å². The Hall–Kier alpha value is -2.33. The summed E-state index contributed by atoms with van der Waals surface area (Å²) in [6.45, 7) is 8.50. The summed E-state index contributed by atoms with van der Waals surface area (Å²) in [4.78, 5) is 17.3. The molecule has 142 valence electrons. The van der Waals surface area contributed by atoms with Gasteiger partial charge in [-0.15, -0.1) is 0 Å². The molecule has 27 heavy (non-hydrogen) atoms. The highest BCUT2D eigenvalue weighted by Crippen LogP contribution is 2.36. The van der Waals surface area contributed by atoms with Crippen LogP contribution in [-0.4, -0.2) is 48.5 Å². The zero-order chi connectivity index (χ0) is 18.8. The number of fused-ring (bicyclic) bond motifs is 1.